The number of carbonyl (C=O) groups excluding carboxylic acids is 3. The fourth-order valence-electron chi connectivity index (χ4n) is 3.14. The van der Waals surface area contributed by atoms with Gasteiger partial charge in [0.05, 0.1) is 6.61 Å². The summed E-state index contributed by atoms with van der Waals surface area (Å²) in [6.07, 6.45) is 4.28. The van der Waals surface area contributed by atoms with Crippen molar-refractivity contribution in [3.05, 3.63) is 35.4 Å². The number of nitrogens with zero attached hydrogens (tertiary/aromatic N) is 1. The number of ether oxygens (including phenoxy) is 1. The zero-order valence-electron chi connectivity index (χ0n) is 16.8. The molecule has 3 amide bonds. The molecule has 7 heteroatoms. The molecule has 28 heavy (non-hydrogen) atoms. The number of nitrogens with one attached hydrogen (secondary N) is 2. The molecule has 0 unspecified atom stereocenters. The van der Waals surface area contributed by atoms with Crippen LogP contribution in [-0.4, -0.2) is 55.1 Å². The molecule has 1 saturated heterocycles. The van der Waals surface area contributed by atoms with Crippen LogP contribution in [-0.2, 0) is 4.74 Å². The second-order valence-electron chi connectivity index (χ2n) is 6.97. The van der Waals surface area contributed by atoms with Gasteiger partial charge in [0.15, 0.2) is 0 Å². The first-order valence-corrected chi connectivity index (χ1v) is 10.2. The first kappa shape index (κ1) is 21.7. The van der Waals surface area contributed by atoms with Crippen molar-refractivity contribution in [2.24, 2.45) is 0 Å². The third-order valence-corrected chi connectivity index (χ3v) is 4.83. The number of benzene rings is 1. The number of amides is 3. The third kappa shape index (κ3) is 6.55. The van der Waals surface area contributed by atoms with Gasteiger partial charge < -0.3 is 20.3 Å². The zero-order chi connectivity index (χ0) is 20.4. The summed E-state index contributed by atoms with van der Waals surface area (Å²) in [5.41, 5.74) is 1.08. The highest BCUT2D eigenvalue weighted by molar-refractivity contribution is 5.97. The van der Waals surface area contributed by atoms with Crippen LogP contribution in [0, 0.1) is 0 Å². The molecule has 2 rings (SSSR count). The highest BCUT2D eigenvalue weighted by Crippen LogP contribution is 2.13. The molecule has 0 atom stereocenters. The largest absolute Gasteiger partial charge is 0.450 e. The average molecular weight is 389 g/mol. The van der Waals surface area contributed by atoms with Gasteiger partial charge in [-0.05, 0) is 50.5 Å². The number of unbranched alkanes of at least 4 members (excludes halogenated alkanes) is 2. The van der Waals surface area contributed by atoms with Crippen LogP contribution in [0.4, 0.5) is 4.79 Å². The highest BCUT2D eigenvalue weighted by atomic mass is 16.6. The molecule has 1 aliphatic rings. The van der Waals surface area contributed by atoms with E-state index in [-0.39, 0.29) is 23.9 Å². The Labute approximate surface area is 166 Å². The zero-order valence-corrected chi connectivity index (χ0v) is 16.8. The lowest BCUT2D eigenvalue weighted by atomic mass is 10.0. The Hall–Kier alpha value is -2.57. The molecule has 154 valence electrons. The lowest BCUT2D eigenvalue weighted by Gasteiger charge is -2.31. The van der Waals surface area contributed by atoms with Crippen molar-refractivity contribution in [3.63, 3.8) is 0 Å². The Morgan fingerprint density at radius 2 is 1.61 bits per heavy atom. The van der Waals surface area contributed by atoms with Gasteiger partial charge in [0, 0.05) is 36.8 Å². The lowest BCUT2D eigenvalue weighted by Crippen LogP contribution is -2.46. The molecular weight excluding hydrogens is 358 g/mol. The van der Waals surface area contributed by atoms with Gasteiger partial charge in [-0.1, -0.05) is 19.8 Å². The highest BCUT2D eigenvalue weighted by Gasteiger charge is 2.24. The van der Waals surface area contributed by atoms with E-state index in [0.29, 0.717) is 50.2 Å². The molecule has 0 aliphatic carbocycles. The fraction of sp³-hybridized carbons (Fsp3) is 0.571. The molecule has 1 aromatic carbocycles. The minimum Gasteiger partial charge on any atom is -0.450 e. The van der Waals surface area contributed by atoms with Crippen LogP contribution in [0.15, 0.2) is 24.3 Å². The molecule has 2 N–H and O–H groups in total. The van der Waals surface area contributed by atoms with Crippen molar-refractivity contribution in [2.75, 3.05) is 26.2 Å². The Balaban J connectivity index is 1.78. The summed E-state index contributed by atoms with van der Waals surface area (Å²) in [6, 6.07) is 6.72. The van der Waals surface area contributed by atoms with Crippen molar-refractivity contribution in [1.82, 2.24) is 15.5 Å². The van der Waals surface area contributed by atoms with Gasteiger partial charge in [0.25, 0.3) is 11.8 Å². The van der Waals surface area contributed by atoms with E-state index in [0.717, 1.165) is 19.3 Å². The van der Waals surface area contributed by atoms with E-state index in [1.807, 2.05) is 0 Å². The lowest BCUT2D eigenvalue weighted by molar-refractivity contribution is 0.0858. The van der Waals surface area contributed by atoms with Gasteiger partial charge in [-0.25, -0.2) is 4.79 Å². The van der Waals surface area contributed by atoms with Crippen LogP contribution in [0.3, 0.4) is 0 Å². The first-order chi connectivity index (χ1) is 13.5. The van der Waals surface area contributed by atoms with Gasteiger partial charge in [0.2, 0.25) is 0 Å². The summed E-state index contributed by atoms with van der Waals surface area (Å²) < 4.78 is 5.00. The van der Waals surface area contributed by atoms with Crippen LogP contribution < -0.4 is 10.6 Å². The number of carbonyl (C=O) groups is 3. The summed E-state index contributed by atoms with van der Waals surface area (Å²) >= 11 is 0. The minimum absolute atomic E-state index is 0.0275. The van der Waals surface area contributed by atoms with Crippen LogP contribution in [0.2, 0.25) is 0 Å². The quantitative estimate of drug-likeness (QED) is 0.669. The number of piperidine rings is 1. The van der Waals surface area contributed by atoms with Crippen LogP contribution >= 0.6 is 0 Å². The summed E-state index contributed by atoms with van der Waals surface area (Å²) in [5, 5.41) is 5.89. The maximum absolute atomic E-state index is 12.4. The molecule has 0 aromatic heterocycles. The smallest absolute Gasteiger partial charge is 0.409 e. The standard InChI is InChI=1S/C21H31N3O4/c1-3-5-6-13-22-19(25)16-7-9-17(10-8-16)20(26)23-18-11-14-24(15-12-18)21(27)28-4-2/h7-10,18H,3-6,11-15H2,1-2H3,(H,22,25)(H,23,26). The van der Waals surface area contributed by atoms with E-state index >= 15 is 0 Å². The molecule has 1 aliphatic heterocycles. The van der Waals surface area contributed by atoms with Gasteiger partial charge in [0.1, 0.15) is 0 Å². The topological polar surface area (TPSA) is 87.7 Å². The number of likely N-dealkylation sites (tertiary alicyclic amines) is 1. The van der Waals surface area contributed by atoms with Gasteiger partial charge in [-0.15, -0.1) is 0 Å². The van der Waals surface area contributed by atoms with Crippen molar-refractivity contribution in [1.29, 1.82) is 0 Å². The Morgan fingerprint density at radius 1 is 1.00 bits per heavy atom. The fourth-order valence-corrected chi connectivity index (χ4v) is 3.14. The SMILES string of the molecule is CCCCCNC(=O)c1ccc(C(=O)NC2CCN(C(=O)OCC)CC2)cc1. The summed E-state index contributed by atoms with van der Waals surface area (Å²) in [6.45, 7) is 6.07. The van der Waals surface area contributed by atoms with E-state index in [2.05, 4.69) is 17.6 Å². The minimum atomic E-state index is -0.296. The predicted molar refractivity (Wildman–Crippen MR) is 107 cm³/mol. The van der Waals surface area contributed by atoms with Crippen LogP contribution in [0.5, 0.6) is 0 Å². The summed E-state index contributed by atoms with van der Waals surface area (Å²) in [4.78, 5) is 37.9. The Morgan fingerprint density at radius 3 is 2.18 bits per heavy atom. The maximum Gasteiger partial charge on any atom is 0.409 e. The monoisotopic (exact) mass is 389 g/mol. The predicted octanol–water partition coefficient (Wildman–Crippen LogP) is 2.96. The van der Waals surface area contributed by atoms with Crippen molar-refractivity contribution in [3.8, 4) is 0 Å². The first-order valence-electron chi connectivity index (χ1n) is 10.2. The molecule has 1 fully saturated rings. The molecule has 0 saturated carbocycles. The Kier molecular flexibility index (Phi) is 8.78. The molecule has 7 nitrogen and oxygen atoms in total. The molecule has 0 bridgehead atoms. The van der Waals surface area contributed by atoms with Crippen LogP contribution in [0.1, 0.15) is 66.7 Å². The number of rotatable bonds is 8. The van der Waals surface area contributed by atoms with E-state index in [1.54, 1.807) is 36.1 Å². The van der Waals surface area contributed by atoms with Gasteiger partial charge in [-0.3, -0.25) is 9.59 Å². The second-order valence-corrected chi connectivity index (χ2v) is 6.97. The molecule has 0 spiro atoms. The normalized spacial score (nSPS) is 14.4. The average Bonchev–Trinajstić information content (AvgIpc) is 2.72. The Bertz CT molecular complexity index is 652. The summed E-state index contributed by atoms with van der Waals surface area (Å²) in [5.74, 6) is -0.279. The van der Waals surface area contributed by atoms with Gasteiger partial charge in [-0.2, -0.15) is 0 Å². The van der Waals surface area contributed by atoms with Crippen molar-refractivity contribution in [2.45, 2.75) is 52.0 Å². The van der Waals surface area contributed by atoms with E-state index in [9.17, 15) is 14.4 Å². The van der Waals surface area contributed by atoms with Crippen molar-refractivity contribution >= 4 is 17.9 Å². The van der Waals surface area contributed by atoms with E-state index < -0.39 is 0 Å². The number of hydrogen-bond donors (Lipinski definition) is 2. The molecular formula is C21H31N3O4. The van der Waals surface area contributed by atoms with Crippen LogP contribution in [0.25, 0.3) is 0 Å². The van der Waals surface area contributed by atoms with Gasteiger partial charge >= 0.3 is 6.09 Å². The molecule has 1 aromatic rings. The molecule has 1 heterocycles. The van der Waals surface area contributed by atoms with Crippen molar-refractivity contribution < 1.29 is 19.1 Å². The van der Waals surface area contributed by atoms with E-state index in [4.69, 9.17) is 4.74 Å². The maximum atomic E-state index is 12.4. The third-order valence-electron chi connectivity index (χ3n) is 4.83. The molecule has 0 radical (unpaired) electrons. The van der Waals surface area contributed by atoms with E-state index in [1.165, 1.54) is 0 Å². The summed E-state index contributed by atoms with van der Waals surface area (Å²) in [7, 11) is 0. The number of hydrogen-bond acceptors (Lipinski definition) is 4. The second kappa shape index (κ2) is 11.3.